The van der Waals surface area contributed by atoms with Crippen molar-refractivity contribution < 1.29 is 18.7 Å². The Kier molecular flexibility index (Phi) is 5.59. The quantitative estimate of drug-likeness (QED) is 0.743. The summed E-state index contributed by atoms with van der Waals surface area (Å²) >= 11 is 0. The average molecular weight is 314 g/mol. The van der Waals surface area contributed by atoms with Crippen LogP contribution in [-0.2, 0) is 18.7 Å². The Morgan fingerprint density at radius 2 is 1.76 bits per heavy atom. The second-order valence-corrected chi connectivity index (χ2v) is 12.9. The summed E-state index contributed by atoms with van der Waals surface area (Å²) < 4.78 is 17.6. The first-order chi connectivity index (χ1) is 9.32. The first kappa shape index (κ1) is 18.6. The maximum Gasteiger partial charge on any atom is 0.192 e. The first-order valence-electron chi connectivity index (χ1n) is 7.51. The van der Waals surface area contributed by atoms with Crippen molar-refractivity contribution in [3.63, 3.8) is 0 Å². The Morgan fingerprint density at radius 1 is 1.19 bits per heavy atom. The molecular weight excluding hydrogens is 284 g/mol. The molecule has 122 valence electrons. The first-order valence-corrected chi connectivity index (χ1v) is 10.4. The molecule has 1 aliphatic heterocycles. The van der Waals surface area contributed by atoms with Crippen molar-refractivity contribution in [2.75, 3.05) is 6.61 Å². The summed E-state index contributed by atoms with van der Waals surface area (Å²) in [5, 5.41) is 0.113. The Hall–Kier alpha value is -0.493. The highest BCUT2D eigenvalue weighted by Gasteiger charge is 2.39. The van der Waals surface area contributed by atoms with E-state index in [0.29, 0.717) is 6.61 Å². The van der Waals surface area contributed by atoms with E-state index in [1.807, 2.05) is 20.8 Å². The van der Waals surface area contributed by atoms with Crippen LogP contribution >= 0.6 is 0 Å². The summed E-state index contributed by atoms with van der Waals surface area (Å²) in [7, 11) is -1.88. The Morgan fingerprint density at radius 3 is 2.24 bits per heavy atom. The third-order valence-corrected chi connectivity index (χ3v) is 8.41. The van der Waals surface area contributed by atoms with Crippen molar-refractivity contribution >= 4 is 14.1 Å². The van der Waals surface area contributed by atoms with Gasteiger partial charge < -0.3 is 13.9 Å². The van der Waals surface area contributed by atoms with Gasteiger partial charge in [-0.1, -0.05) is 20.8 Å². The van der Waals surface area contributed by atoms with Gasteiger partial charge >= 0.3 is 0 Å². The van der Waals surface area contributed by atoms with Gasteiger partial charge in [0.1, 0.15) is 6.10 Å². The van der Waals surface area contributed by atoms with E-state index in [4.69, 9.17) is 13.9 Å². The Balaban J connectivity index is 2.64. The maximum atomic E-state index is 11.9. The van der Waals surface area contributed by atoms with E-state index < -0.39 is 20.7 Å². The molecule has 0 aromatic heterocycles. The van der Waals surface area contributed by atoms with E-state index in [-0.39, 0.29) is 16.4 Å². The number of hydrogen-bond acceptors (Lipinski definition) is 4. The van der Waals surface area contributed by atoms with E-state index >= 15 is 0 Å². The van der Waals surface area contributed by atoms with Crippen LogP contribution in [0.5, 0.6) is 0 Å². The van der Waals surface area contributed by atoms with E-state index in [9.17, 15) is 4.79 Å². The van der Waals surface area contributed by atoms with Crippen LogP contribution < -0.4 is 0 Å². The van der Waals surface area contributed by atoms with Crippen LogP contribution in [0.3, 0.4) is 0 Å². The molecule has 0 unspecified atom stereocenters. The minimum absolute atomic E-state index is 0.0533. The molecule has 0 aromatic carbocycles. The molecule has 4 nitrogen and oxygen atoms in total. The fraction of sp³-hybridized carbons (Fsp3) is 0.812. The number of rotatable bonds is 4. The van der Waals surface area contributed by atoms with Crippen molar-refractivity contribution in [2.24, 2.45) is 0 Å². The fourth-order valence-electron chi connectivity index (χ4n) is 1.59. The van der Waals surface area contributed by atoms with Gasteiger partial charge in [0.15, 0.2) is 20.4 Å². The largest absolute Gasteiger partial charge is 0.414 e. The van der Waals surface area contributed by atoms with E-state index in [2.05, 4.69) is 33.9 Å². The lowest BCUT2D eigenvalue weighted by Gasteiger charge is -2.38. The number of ketones is 1. The average Bonchev–Trinajstić information content (AvgIpc) is 2.26. The lowest BCUT2D eigenvalue weighted by atomic mass is 10.1. The van der Waals surface area contributed by atoms with Gasteiger partial charge in [-0.2, -0.15) is 0 Å². The Bertz CT molecular complexity index is 401. The highest BCUT2D eigenvalue weighted by Crippen LogP contribution is 2.36. The van der Waals surface area contributed by atoms with Crippen LogP contribution in [0, 0.1) is 0 Å². The number of hydrogen-bond donors (Lipinski definition) is 0. The molecule has 0 spiro atoms. The summed E-state index contributed by atoms with van der Waals surface area (Å²) in [6, 6.07) is 0. The van der Waals surface area contributed by atoms with Crippen molar-refractivity contribution in [3.05, 3.63) is 12.2 Å². The molecule has 0 radical (unpaired) electrons. The second-order valence-electron chi connectivity index (χ2n) is 8.06. The van der Waals surface area contributed by atoms with E-state index in [0.717, 1.165) is 0 Å². The van der Waals surface area contributed by atoms with Gasteiger partial charge in [-0.25, -0.2) is 0 Å². The molecule has 21 heavy (non-hydrogen) atoms. The molecule has 1 aliphatic rings. The van der Waals surface area contributed by atoms with Crippen LogP contribution in [0.15, 0.2) is 12.2 Å². The van der Waals surface area contributed by atoms with Gasteiger partial charge in [0.2, 0.25) is 0 Å². The molecule has 0 N–H and O–H groups in total. The van der Waals surface area contributed by atoms with Gasteiger partial charge in [-0.05, 0) is 51.1 Å². The van der Waals surface area contributed by atoms with Crippen molar-refractivity contribution in [2.45, 2.75) is 77.7 Å². The van der Waals surface area contributed by atoms with Crippen LogP contribution in [0.2, 0.25) is 18.1 Å². The smallest absolute Gasteiger partial charge is 0.192 e. The zero-order valence-electron chi connectivity index (χ0n) is 14.6. The molecule has 0 saturated heterocycles. The lowest BCUT2D eigenvalue weighted by Crippen LogP contribution is -2.46. The van der Waals surface area contributed by atoms with Gasteiger partial charge in [-0.15, -0.1) is 0 Å². The topological polar surface area (TPSA) is 44.8 Å². The number of carbonyl (C=O) groups excluding carboxylic acids is 1. The second kappa shape index (κ2) is 6.32. The highest BCUT2D eigenvalue weighted by molar-refractivity contribution is 6.74. The molecular formula is C16H30O4Si. The molecule has 1 rings (SSSR count). The minimum Gasteiger partial charge on any atom is -0.414 e. The predicted molar refractivity (Wildman–Crippen MR) is 86.8 cm³/mol. The van der Waals surface area contributed by atoms with Crippen molar-refractivity contribution in [3.8, 4) is 0 Å². The molecule has 5 heteroatoms. The minimum atomic E-state index is -1.88. The van der Waals surface area contributed by atoms with Crippen molar-refractivity contribution in [1.82, 2.24) is 0 Å². The SMILES string of the molecule is CC(C)(C)O[C@H]1C=CC(=O)[C@H](CO[Si](C)(C)C(C)(C)C)O1. The highest BCUT2D eigenvalue weighted by atomic mass is 28.4. The van der Waals surface area contributed by atoms with Crippen LogP contribution in [0.25, 0.3) is 0 Å². The van der Waals surface area contributed by atoms with Gasteiger partial charge in [-0.3, -0.25) is 4.79 Å². The van der Waals surface area contributed by atoms with Crippen LogP contribution in [0.1, 0.15) is 41.5 Å². The third kappa shape index (κ3) is 5.66. The molecule has 2 atom stereocenters. The lowest BCUT2D eigenvalue weighted by molar-refractivity contribution is -0.199. The Labute approximate surface area is 130 Å². The fourth-order valence-corrected chi connectivity index (χ4v) is 2.59. The van der Waals surface area contributed by atoms with Crippen LogP contribution in [-0.4, -0.2) is 38.7 Å². The van der Waals surface area contributed by atoms with Gasteiger partial charge in [0, 0.05) is 0 Å². The van der Waals surface area contributed by atoms with Crippen LogP contribution in [0.4, 0.5) is 0 Å². The standard InChI is InChI=1S/C16H30O4Si/c1-15(2,3)20-14-10-9-12(17)13(19-14)11-18-21(7,8)16(4,5)6/h9-10,13-14H,11H2,1-8H3/t13-,14-/m0/s1. The predicted octanol–water partition coefficient (Wildman–Crippen LogP) is 3.67. The molecule has 0 aromatic rings. The maximum absolute atomic E-state index is 11.9. The summed E-state index contributed by atoms with van der Waals surface area (Å²) in [5.74, 6) is -0.0533. The van der Waals surface area contributed by atoms with E-state index in [1.54, 1.807) is 12.2 Å². The summed E-state index contributed by atoms with van der Waals surface area (Å²) in [6.07, 6.45) is 2.14. The summed E-state index contributed by atoms with van der Waals surface area (Å²) in [6.45, 7) is 17.0. The molecule has 0 bridgehead atoms. The van der Waals surface area contributed by atoms with Gasteiger partial charge in [0.05, 0.1) is 12.2 Å². The summed E-state index contributed by atoms with van der Waals surface area (Å²) in [4.78, 5) is 11.9. The molecule has 0 aliphatic carbocycles. The monoisotopic (exact) mass is 314 g/mol. The number of ether oxygens (including phenoxy) is 2. The van der Waals surface area contributed by atoms with Crippen molar-refractivity contribution in [1.29, 1.82) is 0 Å². The van der Waals surface area contributed by atoms with Gasteiger partial charge in [0.25, 0.3) is 0 Å². The number of carbonyl (C=O) groups is 1. The molecule has 0 amide bonds. The molecule has 1 heterocycles. The third-order valence-electron chi connectivity index (χ3n) is 3.90. The normalized spacial score (nSPS) is 24.5. The van der Waals surface area contributed by atoms with E-state index in [1.165, 1.54) is 0 Å². The molecule has 0 saturated carbocycles. The zero-order valence-corrected chi connectivity index (χ0v) is 15.6. The molecule has 0 fully saturated rings. The zero-order chi connectivity index (χ0) is 16.5. The summed E-state index contributed by atoms with van der Waals surface area (Å²) in [5.41, 5.74) is -0.319.